The zero-order chi connectivity index (χ0) is 14.0. The van der Waals surface area contributed by atoms with Crippen LogP contribution in [0.4, 0.5) is 16.0 Å². The van der Waals surface area contributed by atoms with E-state index < -0.39 is 0 Å². The second kappa shape index (κ2) is 5.01. The van der Waals surface area contributed by atoms with Gasteiger partial charge in [0.2, 0.25) is 5.95 Å². The van der Waals surface area contributed by atoms with Crippen molar-refractivity contribution in [2.45, 2.75) is 6.92 Å². The van der Waals surface area contributed by atoms with Crippen molar-refractivity contribution in [3.8, 4) is 0 Å². The molecular formula is C13H14FN5. The van der Waals surface area contributed by atoms with Crippen LogP contribution in [-0.2, 0) is 0 Å². The molecule has 0 bridgehead atoms. The third-order valence-corrected chi connectivity index (χ3v) is 2.61. The summed E-state index contributed by atoms with van der Waals surface area (Å²) in [6.45, 7) is 1.79. The van der Waals surface area contributed by atoms with E-state index in [-0.39, 0.29) is 11.7 Å². The number of aryl methyl sites for hydroxylation is 1. The fourth-order valence-electron chi connectivity index (χ4n) is 1.64. The molecule has 0 fully saturated rings. The van der Waals surface area contributed by atoms with Gasteiger partial charge in [-0.05, 0) is 31.2 Å². The fourth-order valence-corrected chi connectivity index (χ4v) is 1.64. The maximum atomic E-state index is 13.2. The monoisotopic (exact) mass is 259 g/mol. The summed E-state index contributed by atoms with van der Waals surface area (Å²) in [5, 5.41) is 7.42. The minimum atomic E-state index is -0.330. The van der Waals surface area contributed by atoms with Crippen LogP contribution in [-0.4, -0.2) is 22.9 Å². The van der Waals surface area contributed by atoms with Crippen molar-refractivity contribution in [3.05, 3.63) is 47.5 Å². The highest BCUT2D eigenvalue weighted by Crippen LogP contribution is 2.21. The summed E-state index contributed by atoms with van der Waals surface area (Å²) in [4.78, 5) is 10.1. The quantitative estimate of drug-likeness (QED) is 0.652. The van der Waals surface area contributed by atoms with Crippen molar-refractivity contribution >= 4 is 17.5 Å². The molecule has 1 aromatic carbocycles. The first-order valence-corrected chi connectivity index (χ1v) is 5.67. The van der Waals surface area contributed by atoms with Gasteiger partial charge in [-0.25, -0.2) is 14.4 Å². The molecule has 98 valence electrons. The standard InChI is InChI=1S/C13H14FN5/c1-8-6-11(12(15)16)18-13(17-8)19(2)10-5-3-4-9(14)7-10/h3-7H,1-2H3,(H3,15,16). The Morgan fingerprint density at radius 1 is 1.32 bits per heavy atom. The molecule has 1 aromatic heterocycles. The van der Waals surface area contributed by atoms with Gasteiger partial charge >= 0.3 is 0 Å². The molecule has 0 aliphatic carbocycles. The number of benzene rings is 1. The summed E-state index contributed by atoms with van der Waals surface area (Å²) in [5.41, 5.74) is 7.10. The number of rotatable bonds is 3. The van der Waals surface area contributed by atoms with E-state index in [4.69, 9.17) is 11.1 Å². The Labute approximate surface area is 110 Å². The van der Waals surface area contributed by atoms with Gasteiger partial charge < -0.3 is 10.6 Å². The lowest BCUT2D eigenvalue weighted by molar-refractivity contribution is 0.628. The van der Waals surface area contributed by atoms with Gasteiger partial charge in [0.1, 0.15) is 17.3 Å². The molecule has 19 heavy (non-hydrogen) atoms. The number of anilines is 2. The van der Waals surface area contributed by atoms with Crippen LogP contribution in [0.3, 0.4) is 0 Å². The second-order valence-corrected chi connectivity index (χ2v) is 4.15. The van der Waals surface area contributed by atoms with Crippen molar-refractivity contribution in [2.75, 3.05) is 11.9 Å². The van der Waals surface area contributed by atoms with E-state index in [1.54, 1.807) is 37.1 Å². The molecule has 0 unspecified atom stereocenters. The summed E-state index contributed by atoms with van der Waals surface area (Å²) in [5.74, 6) is -0.0843. The molecule has 0 radical (unpaired) electrons. The molecule has 0 aliphatic heterocycles. The summed E-state index contributed by atoms with van der Waals surface area (Å²) < 4.78 is 13.2. The van der Waals surface area contributed by atoms with E-state index in [1.165, 1.54) is 12.1 Å². The van der Waals surface area contributed by atoms with Crippen LogP contribution in [0.5, 0.6) is 0 Å². The van der Waals surface area contributed by atoms with Crippen molar-refractivity contribution in [1.82, 2.24) is 9.97 Å². The third-order valence-electron chi connectivity index (χ3n) is 2.61. The minimum Gasteiger partial charge on any atom is -0.382 e. The maximum Gasteiger partial charge on any atom is 0.230 e. The zero-order valence-electron chi connectivity index (χ0n) is 10.7. The molecule has 0 atom stereocenters. The number of nitrogens with zero attached hydrogens (tertiary/aromatic N) is 3. The lowest BCUT2D eigenvalue weighted by atomic mass is 10.3. The van der Waals surface area contributed by atoms with Crippen LogP contribution < -0.4 is 10.6 Å². The molecule has 3 N–H and O–H groups in total. The van der Waals surface area contributed by atoms with Crippen LogP contribution >= 0.6 is 0 Å². The Kier molecular flexibility index (Phi) is 3.41. The van der Waals surface area contributed by atoms with Crippen LogP contribution in [0.1, 0.15) is 11.4 Å². The zero-order valence-corrected chi connectivity index (χ0v) is 10.7. The predicted molar refractivity (Wildman–Crippen MR) is 72.2 cm³/mol. The average Bonchev–Trinajstić information content (AvgIpc) is 2.37. The molecular weight excluding hydrogens is 245 g/mol. The summed E-state index contributed by atoms with van der Waals surface area (Å²) >= 11 is 0. The third kappa shape index (κ3) is 2.85. The topological polar surface area (TPSA) is 78.9 Å². The molecule has 5 nitrogen and oxygen atoms in total. The second-order valence-electron chi connectivity index (χ2n) is 4.15. The van der Waals surface area contributed by atoms with Gasteiger partial charge in [-0.1, -0.05) is 6.07 Å². The Morgan fingerprint density at radius 3 is 2.68 bits per heavy atom. The van der Waals surface area contributed by atoms with Crippen LogP contribution in [0.25, 0.3) is 0 Å². The summed E-state index contributed by atoms with van der Waals surface area (Å²) in [6.07, 6.45) is 0. The first-order valence-electron chi connectivity index (χ1n) is 5.67. The highest BCUT2D eigenvalue weighted by molar-refractivity contribution is 5.93. The van der Waals surface area contributed by atoms with Crippen LogP contribution in [0, 0.1) is 18.2 Å². The van der Waals surface area contributed by atoms with Gasteiger partial charge in [0.25, 0.3) is 0 Å². The molecule has 0 aliphatic rings. The minimum absolute atomic E-state index is 0.126. The van der Waals surface area contributed by atoms with Crippen LogP contribution in [0.15, 0.2) is 30.3 Å². The number of nitrogens with two attached hydrogens (primary N) is 1. The van der Waals surface area contributed by atoms with E-state index in [0.717, 1.165) is 0 Å². The Bertz CT molecular complexity index is 626. The lowest BCUT2D eigenvalue weighted by Crippen LogP contribution is -2.19. The van der Waals surface area contributed by atoms with E-state index in [0.29, 0.717) is 23.0 Å². The van der Waals surface area contributed by atoms with E-state index in [9.17, 15) is 4.39 Å². The number of hydrogen-bond acceptors (Lipinski definition) is 4. The molecule has 6 heteroatoms. The SMILES string of the molecule is Cc1cc(C(=N)N)nc(N(C)c2cccc(F)c2)n1. The normalized spacial score (nSPS) is 10.3. The smallest absolute Gasteiger partial charge is 0.230 e. The number of aromatic nitrogens is 2. The van der Waals surface area contributed by atoms with E-state index in [1.807, 2.05) is 0 Å². The molecule has 2 rings (SSSR count). The van der Waals surface area contributed by atoms with E-state index in [2.05, 4.69) is 9.97 Å². The first-order chi connectivity index (χ1) is 8.97. The summed E-state index contributed by atoms with van der Waals surface area (Å²) in [7, 11) is 1.73. The molecule has 1 heterocycles. The van der Waals surface area contributed by atoms with Crippen LogP contribution in [0.2, 0.25) is 0 Å². The Balaban J connectivity index is 2.43. The highest BCUT2D eigenvalue weighted by atomic mass is 19.1. The van der Waals surface area contributed by atoms with Gasteiger partial charge in [0, 0.05) is 18.4 Å². The number of halogens is 1. The summed E-state index contributed by atoms with van der Waals surface area (Å²) in [6, 6.07) is 7.75. The van der Waals surface area contributed by atoms with Gasteiger partial charge in [-0.2, -0.15) is 0 Å². The molecule has 0 saturated heterocycles. The van der Waals surface area contributed by atoms with Gasteiger partial charge in [0.05, 0.1) is 0 Å². The van der Waals surface area contributed by atoms with Crippen molar-refractivity contribution < 1.29 is 4.39 Å². The lowest BCUT2D eigenvalue weighted by Gasteiger charge is -2.18. The Hall–Kier alpha value is -2.50. The Morgan fingerprint density at radius 2 is 2.05 bits per heavy atom. The van der Waals surface area contributed by atoms with Gasteiger partial charge in [0.15, 0.2) is 0 Å². The molecule has 2 aromatic rings. The maximum absolute atomic E-state index is 13.2. The number of hydrogen-bond donors (Lipinski definition) is 2. The van der Waals surface area contributed by atoms with Gasteiger partial charge in [-0.15, -0.1) is 0 Å². The average molecular weight is 259 g/mol. The van der Waals surface area contributed by atoms with Crippen molar-refractivity contribution in [3.63, 3.8) is 0 Å². The molecule has 0 amide bonds. The van der Waals surface area contributed by atoms with Gasteiger partial charge in [-0.3, -0.25) is 5.41 Å². The number of nitrogens with one attached hydrogen (secondary N) is 1. The fraction of sp³-hybridized carbons (Fsp3) is 0.154. The molecule has 0 spiro atoms. The van der Waals surface area contributed by atoms with Crippen molar-refractivity contribution in [2.24, 2.45) is 5.73 Å². The van der Waals surface area contributed by atoms with E-state index >= 15 is 0 Å². The molecule has 0 saturated carbocycles. The van der Waals surface area contributed by atoms with Crippen molar-refractivity contribution in [1.29, 1.82) is 5.41 Å². The number of nitrogen functional groups attached to an aromatic ring is 1. The highest BCUT2D eigenvalue weighted by Gasteiger charge is 2.11. The predicted octanol–water partition coefficient (Wildman–Crippen LogP) is 1.98. The largest absolute Gasteiger partial charge is 0.382 e. The number of amidine groups is 1. The first kappa shape index (κ1) is 12.9.